The Labute approximate surface area is 111 Å². The molecule has 0 spiro atoms. The molecule has 1 saturated heterocycles. The number of nitrogens with zero attached hydrogens (tertiary/aromatic N) is 2. The summed E-state index contributed by atoms with van der Waals surface area (Å²) in [5, 5.41) is 0. The van der Waals surface area contributed by atoms with Gasteiger partial charge in [-0.15, -0.1) is 0 Å². The molecule has 1 aliphatic carbocycles. The van der Waals surface area contributed by atoms with Crippen molar-refractivity contribution in [2.75, 3.05) is 24.6 Å². The SMILES string of the molecule is CC1CCN(c2ccc(OCC3CC3(F)F)cn2)C1. The van der Waals surface area contributed by atoms with Gasteiger partial charge in [-0.3, -0.25) is 0 Å². The standard InChI is InChI=1S/C14H18F2N2O/c1-10-4-5-18(8-10)13-3-2-12(7-17-13)19-9-11-6-14(11,15)16/h2-3,7,10-11H,4-6,8-9H2,1H3. The fourth-order valence-electron chi connectivity index (χ4n) is 2.44. The first-order chi connectivity index (χ1) is 9.04. The number of halogens is 2. The summed E-state index contributed by atoms with van der Waals surface area (Å²) in [6.07, 6.45) is 2.76. The number of alkyl halides is 2. The van der Waals surface area contributed by atoms with E-state index in [9.17, 15) is 8.78 Å². The normalized spacial score (nSPS) is 28.5. The molecule has 2 heterocycles. The zero-order valence-corrected chi connectivity index (χ0v) is 11.0. The molecule has 3 nitrogen and oxygen atoms in total. The molecule has 0 radical (unpaired) electrons. The van der Waals surface area contributed by atoms with Crippen LogP contribution in [-0.2, 0) is 0 Å². The number of aromatic nitrogens is 1. The van der Waals surface area contributed by atoms with Crippen LogP contribution in [0.4, 0.5) is 14.6 Å². The van der Waals surface area contributed by atoms with Gasteiger partial charge in [0, 0.05) is 19.5 Å². The molecule has 104 valence electrons. The first-order valence-corrected chi connectivity index (χ1v) is 6.76. The highest BCUT2D eigenvalue weighted by atomic mass is 19.3. The van der Waals surface area contributed by atoms with Crippen LogP contribution in [0.25, 0.3) is 0 Å². The van der Waals surface area contributed by atoms with Crippen LogP contribution in [0.15, 0.2) is 18.3 Å². The summed E-state index contributed by atoms with van der Waals surface area (Å²) in [6, 6.07) is 3.71. The third-order valence-corrected chi connectivity index (χ3v) is 3.88. The minimum absolute atomic E-state index is 0.0514. The van der Waals surface area contributed by atoms with E-state index >= 15 is 0 Å². The molecular formula is C14H18F2N2O. The molecule has 2 atom stereocenters. The van der Waals surface area contributed by atoms with Crippen molar-refractivity contribution in [3.05, 3.63) is 18.3 Å². The average Bonchev–Trinajstić information content (AvgIpc) is 2.79. The second-order valence-electron chi connectivity index (χ2n) is 5.67. The van der Waals surface area contributed by atoms with Crippen LogP contribution in [0, 0.1) is 11.8 Å². The average molecular weight is 268 g/mol. The fourth-order valence-corrected chi connectivity index (χ4v) is 2.44. The van der Waals surface area contributed by atoms with Gasteiger partial charge in [0.25, 0.3) is 5.92 Å². The van der Waals surface area contributed by atoms with Crippen LogP contribution in [-0.4, -0.2) is 30.6 Å². The largest absolute Gasteiger partial charge is 0.491 e. The Morgan fingerprint density at radius 2 is 2.26 bits per heavy atom. The van der Waals surface area contributed by atoms with Gasteiger partial charge < -0.3 is 9.64 Å². The number of hydrogen-bond donors (Lipinski definition) is 0. The number of ether oxygens (including phenoxy) is 1. The summed E-state index contributed by atoms with van der Waals surface area (Å²) in [5.74, 6) is -0.924. The Hall–Kier alpha value is -1.39. The van der Waals surface area contributed by atoms with E-state index in [0.29, 0.717) is 11.7 Å². The third-order valence-electron chi connectivity index (χ3n) is 3.88. The summed E-state index contributed by atoms with van der Waals surface area (Å²) in [7, 11) is 0. The third kappa shape index (κ3) is 2.80. The van der Waals surface area contributed by atoms with Crippen molar-refractivity contribution in [3.8, 4) is 5.75 Å². The van der Waals surface area contributed by atoms with Gasteiger partial charge in [0.05, 0.1) is 18.7 Å². The van der Waals surface area contributed by atoms with Gasteiger partial charge in [-0.25, -0.2) is 13.8 Å². The molecule has 19 heavy (non-hydrogen) atoms. The number of anilines is 1. The Morgan fingerprint density at radius 1 is 1.47 bits per heavy atom. The highest BCUT2D eigenvalue weighted by Crippen LogP contribution is 2.48. The van der Waals surface area contributed by atoms with Gasteiger partial charge in [-0.05, 0) is 24.5 Å². The van der Waals surface area contributed by atoms with Gasteiger partial charge in [0.15, 0.2) is 0 Å². The molecule has 3 rings (SSSR count). The lowest BCUT2D eigenvalue weighted by Gasteiger charge is -2.17. The molecule has 1 aromatic rings. The fraction of sp³-hybridized carbons (Fsp3) is 0.643. The van der Waals surface area contributed by atoms with E-state index in [2.05, 4.69) is 16.8 Å². The molecule has 2 aliphatic rings. The van der Waals surface area contributed by atoms with Crippen molar-refractivity contribution in [2.45, 2.75) is 25.7 Å². The van der Waals surface area contributed by atoms with Crippen molar-refractivity contribution in [1.82, 2.24) is 4.98 Å². The Balaban J connectivity index is 1.54. The highest BCUT2D eigenvalue weighted by Gasteiger charge is 2.57. The minimum atomic E-state index is -2.51. The van der Waals surface area contributed by atoms with E-state index in [1.807, 2.05) is 12.1 Å². The zero-order chi connectivity index (χ0) is 13.5. The van der Waals surface area contributed by atoms with E-state index in [0.717, 1.165) is 18.9 Å². The summed E-state index contributed by atoms with van der Waals surface area (Å²) >= 11 is 0. The molecule has 0 bridgehead atoms. The molecular weight excluding hydrogens is 250 g/mol. The number of rotatable bonds is 4. The van der Waals surface area contributed by atoms with Gasteiger partial charge in [0.1, 0.15) is 11.6 Å². The van der Waals surface area contributed by atoms with E-state index < -0.39 is 11.8 Å². The topological polar surface area (TPSA) is 25.4 Å². The van der Waals surface area contributed by atoms with E-state index in [4.69, 9.17) is 4.74 Å². The summed E-state index contributed by atoms with van der Waals surface area (Å²) < 4.78 is 30.7. The maximum Gasteiger partial charge on any atom is 0.255 e. The Bertz CT molecular complexity index is 449. The molecule has 1 aromatic heterocycles. The minimum Gasteiger partial charge on any atom is -0.491 e. The van der Waals surface area contributed by atoms with Gasteiger partial charge in [-0.2, -0.15) is 0 Å². The van der Waals surface area contributed by atoms with Crippen LogP contribution in [0.2, 0.25) is 0 Å². The second-order valence-corrected chi connectivity index (χ2v) is 5.67. The number of hydrogen-bond acceptors (Lipinski definition) is 3. The smallest absolute Gasteiger partial charge is 0.255 e. The maximum absolute atomic E-state index is 12.7. The van der Waals surface area contributed by atoms with Gasteiger partial charge in [-0.1, -0.05) is 6.92 Å². The summed E-state index contributed by atoms with van der Waals surface area (Å²) in [5.41, 5.74) is 0. The summed E-state index contributed by atoms with van der Waals surface area (Å²) in [6.45, 7) is 4.37. The van der Waals surface area contributed by atoms with E-state index in [1.165, 1.54) is 6.42 Å². The van der Waals surface area contributed by atoms with Crippen LogP contribution in [0.3, 0.4) is 0 Å². The van der Waals surface area contributed by atoms with Crippen LogP contribution < -0.4 is 9.64 Å². The predicted molar refractivity (Wildman–Crippen MR) is 68.8 cm³/mol. The second kappa shape index (κ2) is 4.62. The molecule has 1 saturated carbocycles. The quantitative estimate of drug-likeness (QED) is 0.839. The molecule has 0 N–H and O–H groups in total. The van der Waals surface area contributed by atoms with Crippen LogP contribution >= 0.6 is 0 Å². The van der Waals surface area contributed by atoms with E-state index in [1.54, 1.807) is 6.20 Å². The maximum atomic E-state index is 12.7. The molecule has 5 heteroatoms. The first kappa shape index (κ1) is 12.6. The highest BCUT2D eigenvalue weighted by molar-refractivity contribution is 5.41. The number of pyridine rings is 1. The van der Waals surface area contributed by atoms with Crippen molar-refractivity contribution in [2.24, 2.45) is 11.8 Å². The van der Waals surface area contributed by atoms with Crippen LogP contribution in [0.1, 0.15) is 19.8 Å². The lowest BCUT2D eigenvalue weighted by molar-refractivity contribution is 0.0855. The predicted octanol–water partition coefficient (Wildman–Crippen LogP) is 2.96. The van der Waals surface area contributed by atoms with Crippen molar-refractivity contribution < 1.29 is 13.5 Å². The molecule has 2 fully saturated rings. The molecule has 0 amide bonds. The van der Waals surface area contributed by atoms with Crippen molar-refractivity contribution >= 4 is 5.82 Å². The van der Waals surface area contributed by atoms with E-state index in [-0.39, 0.29) is 13.0 Å². The Kier molecular flexibility index (Phi) is 3.07. The molecule has 0 aromatic carbocycles. The zero-order valence-electron chi connectivity index (χ0n) is 11.0. The lowest BCUT2D eigenvalue weighted by atomic mass is 10.2. The van der Waals surface area contributed by atoms with Gasteiger partial charge >= 0.3 is 0 Å². The molecule has 1 aliphatic heterocycles. The monoisotopic (exact) mass is 268 g/mol. The van der Waals surface area contributed by atoms with Crippen molar-refractivity contribution in [3.63, 3.8) is 0 Å². The van der Waals surface area contributed by atoms with Gasteiger partial charge in [0.2, 0.25) is 0 Å². The van der Waals surface area contributed by atoms with Crippen molar-refractivity contribution in [1.29, 1.82) is 0 Å². The Morgan fingerprint density at radius 3 is 2.79 bits per heavy atom. The first-order valence-electron chi connectivity index (χ1n) is 6.76. The molecule has 2 unspecified atom stereocenters. The van der Waals surface area contributed by atoms with Crippen LogP contribution in [0.5, 0.6) is 5.75 Å². The summed E-state index contributed by atoms with van der Waals surface area (Å²) in [4.78, 5) is 6.58. The lowest BCUT2D eigenvalue weighted by Crippen LogP contribution is -2.20.